The van der Waals surface area contributed by atoms with E-state index in [0.29, 0.717) is 10.6 Å². The number of unbranched alkanes of at least 4 members (excludes halogenated alkanes) is 1. The zero-order valence-corrected chi connectivity index (χ0v) is 17.1. The highest BCUT2D eigenvalue weighted by Crippen LogP contribution is 2.39. The lowest BCUT2D eigenvalue weighted by Gasteiger charge is -2.35. The third kappa shape index (κ3) is 4.04. The lowest BCUT2D eigenvalue weighted by Crippen LogP contribution is -2.50. The van der Waals surface area contributed by atoms with Crippen LogP contribution in [-0.2, 0) is 9.84 Å². The van der Waals surface area contributed by atoms with Gasteiger partial charge in [-0.3, -0.25) is 5.32 Å². The fraction of sp³-hybridized carbons (Fsp3) is 0.455. The van der Waals surface area contributed by atoms with Crippen molar-refractivity contribution in [2.75, 3.05) is 12.9 Å². The topological polar surface area (TPSA) is 55.4 Å². The van der Waals surface area contributed by atoms with E-state index >= 15 is 0 Å². The lowest BCUT2D eigenvalue weighted by atomic mass is 9.88. The van der Waals surface area contributed by atoms with Crippen LogP contribution >= 0.6 is 0 Å². The molecule has 1 N–H and O–H groups in total. The summed E-state index contributed by atoms with van der Waals surface area (Å²) in [6, 6.07) is 16.2. The van der Waals surface area contributed by atoms with Crippen LogP contribution in [0.1, 0.15) is 56.7 Å². The molecule has 0 saturated carbocycles. The fourth-order valence-corrected chi connectivity index (χ4v) is 5.99. The van der Waals surface area contributed by atoms with Crippen LogP contribution in [0.4, 0.5) is 0 Å². The average molecular weight is 387 g/mol. The van der Waals surface area contributed by atoms with Crippen molar-refractivity contribution in [3.63, 3.8) is 0 Å². The minimum atomic E-state index is -3.44. The maximum absolute atomic E-state index is 13.3. The molecule has 0 unspecified atom stereocenters. The summed E-state index contributed by atoms with van der Waals surface area (Å²) in [4.78, 5) is 0.358. The number of rotatable bonds is 6. The second-order valence-electron chi connectivity index (χ2n) is 7.31. The number of fused-ring (bicyclic) bond motifs is 1. The summed E-state index contributed by atoms with van der Waals surface area (Å²) in [7, 11) is -1.87. The first kappa shape index (κ1) is 19.9. The van der Waals surface area contributed by atoms with Gasteiger partial charge in [-0.2, -0.15) is 0 Å². The predicted molar refractivity (Wildman–Crippen MR) is 108 cm³/mol. The number of hydrogen-bond acceptors (Lipinski definition) is 4. The molecule has 2 aromatic carbocycles. The molecule has 1 aliphatic heterocycles. The highest BCUT2D eigenvalue weighted by molar-refractivity contribution is 7.91. The summed E-state index contributed by atoms with van der Waals surface area (Å²) >= 11 is 0. The van der Waals surface area contributed by atoms with Gasteiger partial charge in [-0.05, 0) is 36.1 Å². The molecule has 0 aliphatic carbocycles. The number of sulfone groups is 1. The van der Waals surface area contributed by atoms with Gasteiger partial charge in [0.1, 0.15) is 5.75 Å². The second kappa shape index (κ2) is 8.03. The van der Waals surface area contributed by atoms with E-state index in [9.17, 15) is 8.42 Å². The first-order valence-corrected chi connectivity index (χ1v) is 11.2. The molecule has 1 radical (unpaired) electrons. The SMILES string of the molecule is CCCC[C@]1(CC)CS(=O)(=O)c2c[c]c(OC)cc2[C@@H](c2ccccc2)N1. The largest absolute Gasteiger partial charge is 0.496 e. The fourth-order valence-electron chi connectivity index (χ4n) is 3.90. The number of nitrogens with one attached hydrogen (secondary N) is 1. The molecule has 0 aromatic heterocycles. The minimum Gasteiger partial charge on any atom is -0.496 e. The van der Waals surface area contributed by atoms with Crippen molar-refractivity contribution in [2.24, 2.45) is 0 Å². The van der Waals surface area contributed by atoms with Gasteiger partial charge in [0.25, 0.3) is 0 Å². The maximum Gasteiger partial charge on any atom is 0.180 e. The molecule has 145 valence electrons. The van der Waals surface area contributed by atoms with E-state index in [1.165, 1.54) is 0 Å². The molecule has 0 fully saturated rings. The van der Waals surface area contributed by atoms with Crippen LogP contribution in [-0.4, -0.2) is 26.8 Å². The molecule has 1 aliphatic rings. The van der Waals surface area contributed by atoms with Crippen LogP contribution in [0.3, 0.4) is 0 Å². The number of methoxy groups -OCH3 is 1. The van der Waals surface area contributed by atoms with Gasteiger partial charge in [-0.1, -0.05) is 57.0 Å². The van der Waals surface area contributed by atoms with Crippen molar-refractivity contribution < 1.29 is 13.2 Å². The summed E-state index contributed by atoms with van der Waals surface area (Å²) in [5.41, 5.74) is 1.34. The third-order valence-corrected chi connectivity index (χ3v) is 7.47. The molecule has 0 amide bonds. The molecule has 4 nitrogen and oxygen atoms in total. The molecular formula is C22H28NO3S. The maximum atomic E-state index is 13.3. The molecule has 0 saturated heterocycles. The highest BCUT2D eigenvalue weighted by atomic mass is 32.2. The van der Waals surface area contributed by atoms with E-state index in [1.807, 2.05) is 36.4 Å². The zero-order valence-electron chi connectivity index (χ0n) is 16.3. The van der Waals surface area contributed by atoms with Crippen molar-refractivity contribution in [1.82, 2.24) is 5.32 Å². The Bertz CT molecular complexity index is 880. The second-order valence-corrected chi connectivity index (χ2v) is 9.26. The predicted octanol–water partition coefficient (Wildman–Crippen LogP) is 4.30. The van der Waals surface area contributed by atoms with Crippen molar-refractivity contribution in [2.45, 2.75) is 56.0 Å². The van der Waals surface area contributed by atoms with E-state index in [1.54, 1.807) is 13.2 Å². The van der Waals surface area contributed by atoms with Gasteiger partial charge in [0.2, 0.25) is 0 Å². The van der Waals surface area contributed by atoms with Gasteiger partial charge >= 0.3 is 0 Å². The summed E-state index contributed by atoms with van der Waals surface area (Å²) in [5, 5.41) is 3.74. The molecule has 1 heterocycles. The quantitative estimate of drug-likeness (QED) is 0.804. The molecule has 3 rings (SSSR count). The number of hydrogen-bond donors (Lipinski definition) is 1. The summed E-state index contributed by atoms with van der Waals surface area (Å²) in [5.74, 6) is 0.650. The van der Waals surface area contributed by atoms with Crippen molar-refractivity contribution in [3.05, 3.63) is 59.7 Å². The summed E-state index contributed by atoms with van der Waals surface area (Å²) in [6.45, 7) is 4.21. The molecule has 27 heavy (non-hydrogen) atoms. The van der Waals surface area contributed by atoms with E-state index in [0.717, 1.165) is 36.8 Å². The van der Waals surface area contributed by atoms with Crippen molar-refractivity contribution in [1.29, 1.82) is 0 Å². The summed E-state index contributed by atoms with van der Waals surface area (Å²) in [6.07, 6.45) is 3.61. The Kier molecular flexibility index (Phi) is 5.92. The molecule has 2 atom stereocenters. The van der Waals surface area contributed by atoms with E-state index < -0.39 is 15.4 Å². The first-order chi connectivity index (χ1) is 12.9. The zero-order chi connectivity index (χ0) is 19.5. The van der Waals surface area contributed by atoms with E-state index in [4.69, 9.17) is 4.74 Å². The Hall–Kier alpha value is -1.85. The van der Waals surface area contributed by atoms with Gasteiger partial charge in [0, 0.05) is 11.6 Å². The number of ether oxygens (including phenoxy) is 1. The monoisotopic (exact) mass is 386 g/mol. The standard InChI is InChI=1S/C22H28NO3S/c1-4-6-14-22(5-2)16-27(24,25)20-13-12-18(26-3)15-19(20)21(23-22)17-10-8-7-9-11-17/h7-11,13,15,21,23H,4-6,14,16H2,1-3H3/t21-,22-/m1/s1. The molecule has 2 aromatic rings. The number of benzene rings is 2. The van der Waals surface area contributed by atoms with Gasteiger partial charge in [0.05, 0.1) is 23.8 Å². The highest BCUT2D eigenvalue weighted by Gasteiger charge is 2.41. The Labute approximate surface area is 162 Å². The smallest absolute Gasteiger partial charge is 0.180 e. The molecular weight excluding hydrogens is 358 g/mol. The van der Waals surface area contributed by atoms with E-state index in [-0.39, 0.29) is 11.8 Å². The third-order valence-electron chi connectivity index (χ3n) is 5.52. The van der Waals surface area contributed by atoms with Crippen molar-refractivity contribution >= 4 is 9.84 Å². The first-order valence-electron chi connectivity index (χ1n) is 9.59. The Morgan fingerprint density at radius 3 is 2.63 bits per heavy atom. The van der Waals surface area contributed by atoms with Crippen molar-refractivity contribution in [3.8, 4) is 5.75 Å². The van der Waals surface area contributed by atoms with Gasteiger partial charge in [-0.15, -0.1) is 0 Å². The Morgan fingerprint density at radius 2 is 2.00 bits per heavy atom. The van der Waals surface area contributed by atoms with Crippen LogP contribution in [0.25, 0.3) is 0 Å². The molecule has 0 spiro atoms. The van der Waals surface area contributed by atoms with Crippen LogP contribution in [0, 0.1) is 6.07 Å². The van der Waals surface area contributed by atoms with Crippen LogP contribution < -0.4 is 10.1 Å². The minimum absolute atomic E-state index is 0.104. The molecule has 0 bridgehead atoms. The average Bonchev–Trinajstić information content (AvgIpc) is 2.79. The Morgan fingerprint density at radius 1 is 1.26 bits per heavy atom. The normalized spacial score (nSPS) is 24.0. The van der Waals surface area contributed by atoms with Crippen LogP contribution in [0.2, 0.25) is 0 Å². The summed E-state index contributed by atoms with van der Waals surface area (Å²) < 4.78 is 32.0. The van der Waals surface area contributed by atoms with Crippen LogP contribution in [0.15, 0.2) is 47.4 Å². The lowest BCUT2D eigenvalue weighted by molar-refractivity contribution is 0.294. The Balaban J connectivity index is 2.21. The van der Waals surface area contributed by atoms with E-state index in [2.05, 4.69) is 25.2 Å². The van der Waals surface area contributed by atoms with Gasteiger partial charge < -0.3 is 4.74 Å². The van der Waals surface area contributed by atoms with Gasteiger partial charge in [0.15, 0.2) is 9.84 Å². The molecule has 5 heteroatoms. The van der Waals surface area contributed by atoms with Crippen LogP contribution in [0.5, 0.6) is 5.75 Å². The van der Waals surface area contributed by atoms with Gasteiger partial charge in [-0.25, -0.2) is 8.42 Å².